The van der Waals surface area contributed by atoms with Crippen molar-refractivity contribution in [1.29, 1.82) is 0 Å². The minimum absolute atomic E-state index is 0.0519. The van der Waals surface area contributed by atoms with E-state index in [4.69, 9.17) is 4.74 Å². The fourth-order valence-corrected chi connectivity index (χ4v) is 2.86. The third kappa shape index (κ3) is 4.12. The van der Waals surface area contributed by atoms with Crippen LogP contribution in [0.1, 0.15) is 29.3 Å². The summed E-state index contributed by atoms with van der Waals surface area (Å²) in [6.45, 7) is 4.76. The number of para-hydroxylation sites is 2. The van der Waals surface area contributed by atoms with Crippen LogP contribution in [0.25, 0.3) is 0 Å². The number of amides is 1. The van der Waals surface area contributed by atoms with Gasteiger partial charge in [0.25, 0.3) is 5.91 Å². The molecule has 0 saturated heterocycles. The first-order valence-corrected chi connectivity index (χ1v) is 8.89. The van der Waals surface area contributed by atoms with E-state index in [-0.39, 0.29) is 5.91 Å². The predicted octanol–water partition coefficient (Wildman–Crippen LogP) is 5.84. The highest BCUT2D eigenvalue weighted by molar-refractivity contribution is 6.08. The van der Waals surface area contributed by atoms with Gasteiger partial charge in [0.2, 0.25) is 0 Å². The molecular weight excluding hydrogens is 322 g/mol. The van der Waals surface area contributed by atoms with Gasteiger partial charge in [-0.1, -0.05) is 49.4 Å². The average Bonchev–Trinajstić information content (AvgIpc) is 2.67. The third-order valence-corrected chi connectivity index (χ3v) is 4.09. The Hall–Kier alpha value is -3.07. The zero-order valence-corrected chi connectivity index (χ0v) is 15.2. The molecule has 0 N–H and O–H groups in total. The van der Waals surface area contributed by atoms with Gasteiger partial charge in [0.15, 0.2) is 0 Å². The summed E-state index contributed by atoms with van der Waals surface area (Å²) in [5.41, 5.74) is 2.60. The van der Waals surface area contributed by atoms with Gasteiger partial charge in [-0.25, -0.2) is 0 Å². The van der Waals surface area contributed by atoms with Gasteiger partial charge < -0.3 is 9.64 Å². The second-order valence-electron chi connectivity index (χ2n) is 6.21. The van der Waals surface area contributed by atoms with Gasteiger partial charge in [0, 0.05) is 12.2 Å². The second kappa shape index (κ2) is 8.34. The van der Waals surface area contributed by atoms with Gasteiger partial charge >= 0.3 is 0 Å². The summed E-state index contributed by atoms with van der Waals surface area (Å²) in [4.78, 5) is 15.1. The minimum atomic E-state index is -0.0519. The van der Waals surface area contributed by atoms with Crippen molar-refractivity contribution in [2.24, 2.45) is 0 Å². The number of carbonyl (C=O) groups excluding carboxylic acids is 1. The number of carbonyl (C=O) groups is 1. The Morgan fingerprint density at radius 2 is 1.65 bits per heavy atom. The zero-order valence-electron chi connectivity index (χ0n) is 15.2. The first-order valence-electron chi connectivity index (χ1n) is 8.89. The lowest BCUT2D eigenvalue weighted by molar-refractivity contribution is 0.0984. The van der Waals surface area contributed by atoms with Crippen molar-refractivity contribution in [1.82, 2.24) is 0 Å². The molecule has 0 saturated carbocycles. The number of nitrogens with zero attached hydrogens (tertiary/aromatic N) is 1. The highest BCUT2D eigenvalue weighted by Crippen LogP contribution is 2.28. The number of ether oxygens (including phenoxy) is 1. The standard InChI is InChI=1S/C23H23NO2/c1-3-16-24(19-11-9-10-18(2)17-19)23(25)21-14-7-8-15-22(21)26-20-12-5-4-6-13-20/h4-15,17H,3,16H2,1-2H3. The quantitative estimate of drug-likeness (QED) is 0.561. The molecule has 3 aromatic rings. The van der Waals surface area contributed by atoms with Crippen LogP contribution < -0.4 is 9.64 Å². The summed E-state index contributed by atoms with van der Waals surface area (Å²) in [6, 6.07) is 24.9. The highest BCUT2D eigenvalue weighted by atomic mass is 16.5. The van der Waals surface area contributed by atoms with Crippen LogP contribution in [0, 0.1) is 6.92 Å². The molecule has 0 aliphatic rings. The average molecular weight is 345 g/mol. The molecule has 132 valence electrons. The van der Waals surface area contributed by atoms with Crippen LogP contribution in [0.15, 0.2) is 78.9 Å². The molecule has 3 aromatic carbocycles. The summed E-state index contributed by atoms with van der Waals surface area (Å²) < 4.78 is 5.97. The van der Waals surface area contributed by atoms with Crippen LogP contribution in [-0.4, -0.2) is 12.5 Å². The predicted molar refractivity (Wildman–Crippen MR) is 106 cm³/mol. The number of anilines is 1. The Bertz CT molecular complexity index is 874. The summed E-state index contributed by atoms with van der Waals surface area (Å²) in [5, 5.41) is 0. The lowest BCUT2D eigenvalue weighted by Gasteiger charge is -2.24. The van der Waals surface area contributed by atoms with E-state index in [0.29, 0.717) is 23.6 Å². The Labute approximate surface area is 154 Å². The number of hydrogen-bond donors (Lipinski definition) is 0. The van der Waals surface area contributed by atoms with Crippen molar-refractivity contribution in [2.75, 3.05) is 11.4 Å². The van der Waals surface area contributed by atoms with Crippen molar-refractivity contribution in [3.05, 3.63) is 90.0 Å². The minimum Gasteiger partial charge on any atom is -0.457 e. The van der Waals surface area contributed by atoms with Crippen LogP contribution in [0.4, 0.5) is 5.69 Å². The lowest BCUT2D eigenvalue weighted by atomic mass is 10.1. The van der Waals surface area contributed by atoms with Crippen molar-refractivity contribution >= 4 is 11.6 Å². The maximum atomic E-state index is 13.3. The monoisotopic (exact) mass is 345 g/mol. The van der Waals surface area contributed by atoms with E-state index in [1.165, 1.54) is 0 Å². The largest absolute Gasteiger partial charge is 0.457 e. The van der Waals surface area contributed by atoms with Crippen LogP contribution >= 0.6 is 0 Å². The summed E-state index contributed by atoms with van der Waals surface area (Å²) in [6.07, 6.45) is 0.876. The molecule has 1 amide bonds. The molecule has 0 unspecified atom stereocenters. The number of aryl methyl sites for hydroxylation is 1. The van der Waals surface area contributed by atoms with Gasteiger partial charge in [0.05, 0.1) is 5.56 Å². The lowest BCUT2D eigenvalue weighted by Crippen LogP contribution is -2.32. The fourth-order valence-electron chi connectivity index (χ4n) is 2.86. The van der Waals surface area contributed by atoms with E-state index in [9.17, 15) is 4.79 Å². The van der Waals surface area contributed by atoms with Crippen molar-refractivity contribution < 1.29 is 9.53 Å². The maximum Gasteiger partial charge on any atom is 0.262 e. The SMILES string of the molecule is CCCN(C(=O)c1ccccc1Oc1ccccc1)c1cccc(C)c1. The maximum absolute atomic E-state index is 13.3. The van der Waals surface area contributed by atoms with Crippen molar-refractivity contribution in [3.8, 4) is 11.5 Å². The second-order valence-corrected chi connectivity index (χ2v) is 6.21. The van der Waals surface area contributed by atoms with Crippen molar-refractivity contribution in [2.45, 2.75) is 20.3 Å². The summed E-state index contributed by atoms with van der Waals surface area (Å²) in [7, 11) is 0. The van der Waals surface area contributed by atoms with Gasteiger partial charge in [0.1, 0.15) is 11.5 Å². The Kier molecular flexibility index (Phi) is 5.69. The molecule has 0 atom stereocenters. The van der Waals surface area contributed by atoms with E-state index in [1.807, 2.05) is 90.7 Å². The first-order chi connectivity index (χ1) is 12.7. The number of hydrogen-bond acceptors (Lipinski definition) is 2. The van der Waals surface area contributed by atoms with Crippen molar-refractivity contribution in [3.63, 3.8) is 0 Å². The normalized spacial score (nSPS) is 10.4. The topological polar surface area (TPSA) is 29.5 Å². The van der Waals surface area contributed by atoms with Crippen LogP contribution in [0.3, 0.4) is 0 Å². The third-order valence-electron chi connectivity index (χ3n) is 4.09. The van der Waals surface area contributed by atoms with E-state index in [2.05, 4.69) is 6.92 Å². The Morgan fingerprint density at radius 3 is 2.38 bits per heavy atom. The molecule has 0 spiro atoms. The Balaban J connectivity index is 1.95. The van der Waals surface area contributed by atoms with E-state index in [0.717, 1.165) is 17.7 Å². The molecule has 0 aliphatic carbocycles. The molecule has 0 aliphatic heterocycles. The van der Waals surface area contributed by atoms with Gasteiger partial charge in [-0.05, 0) is 55.3 Å². The fraction of sp³-hybridized carbons (Fsp3) is 0.174. The molecule has 26 heavy (non-hydrogen) atoms. The van der Waals surface area contributed by atoms with Gasteiger partial charge in [-0.3, -0.25) is 4.79 Å². The zero-order chi connectivity index (χ0) is 18.4. The smallest absolute Gasteiger partial charge is 0.262 e. The van der Waals surface area contributed by atoms with Crippen LogP contribution in [0.5, 0.6) is 11.5 Å². The molecule has 0 fully saturated rings. The van der Waals surface area contributed by atoms with Gasteiger partial charge in [-0.2, -0.15) is 0 Å². The molecule has 0 heterocycles. The van der Waals surface area contributed by atoms with Gasteiger partial charge in [-0.15, -0.1) is 0 Å². The highest BCUT2D eigenvalue weighted by Gasteiger charge is 2.21. The van der Waals surface area contributed by atoms with Crippen LogP contribution in [0.2, 0.25) is 0 Å². The molecule has 3 nitrogen and oxygen atoms in total. The van der Waals surface area contributed by atoms with E-state index in [1.54, 1.807) is 0 Å². The van der Waals surface area contributed by atoms with Crippen LogP contribution in [-0.2, 0) is 0 Å². The Morgan fingerprint density at radius 1 is 0.923 bits per heavy atom. The molecule has 0 radical (unpaired) electrons. The molecule has 3 heteroatoms. The van der Waals surface area contributed by atoms with E-state index >= 15 is 0 Å². The molecular formula is C23H23NO2. The summed E-state index contributed by atoms with van der Waals surface area (Å²) >= 11 is 0. The first kappa shape index (κ1) is 17.7. The molecule has 3 rings (SSSR count). The van der Waals surface area contributed by atoms with E-state index < -0.39 is 0 Å². The number of benzene rings is 3. The number of rotatable bonds is 6. The summed E-state index contributed by atoms with van der Waals surface area (Å²) in [5.74, 6) is 1.23. The molecule has 0 aromatic heterocycles. The molecule has 0 bridgehead atoms.